The van der Waals surface area contributed by atoms with Crippen LogP contribution in [0.1, 0.15) is 58.3 Å². The fourth-order valence-electron chi connectivity index (χ4n) is 2.26. The Kier molecular flexibility index (Phi) is 8.57. The maximum Gasteiger partial charge on any atom is 0.233 e. The van der Waals surface area contributed by atoms with E-state index in [2.05, 4.69) is 23.6 Å². The van der Waals surface area contributed by atoms with Gasteiger partial charge in [0.05, 0.1) is 6.54 Å². The molecule has 104 valence electrons. The predicted molar refractivity (Wildman–Crippen MR) is 76.6 cm³/mol. The van der Waals surface area contributed by atoms with Gasteiger partial charge in [0, 0.05) is 6.54 Å². The number of amides is 1. The summed E-state index contributed by atoms with van der Waals surface area (Å²) in [5.41, 5.74) is 1.53. The van der Waals surface area contributed by atoms with Crippen LogP contribution in [0.2, 0.25) is 0 Å². The lowest BCUT2D eigenvalue weighted by Gasteiger charge is -2.13. The van der Waals surface area contributed by atoms with Gasteiger partial charge in [-0.2, -0.15) is 0 Å². The summed E-state index contributed by atoms with van der Waals surface area (Å²) < 4.78 is 0. The summed E-state index contributed by atoms with van der Waals surface area (Å²) in [7, 11) is 0. The molecule has 2 N–H and O–H groups in total. The third-order valence-corrected chi connectivity index (χ3v) is 3.40. The third kappa shape index (κ3) is 7.49. The number of allylic oxidation sites excluding steroid dienone is 1. The minimum atomic E-state index is 0.128. The molecule has 0 aromatic heterocycles. The normalized spacial score (nSPS) is 15.3. The van der Waals surface area contributed by atoms with E-state index in [1.165, 1.54) is 44.1 Å². The van der Waals surface area contributed by atoms with E-state index in [-0.39, 0.29) is 5.91 Å². The number of rotatable bonds is 9. The zero-order valence-electron chi connectivity index (χ0n) is 11.8. The lowest BCUT2D eigenvalue weighted by molar-refractivity contribution is -0.120. The number of hydrogen-bond donors (Lipinski definition) is 2. The topological polar surface area (TPSA) is 41.1 Å². The van der Waals surface area contributed by atoms with Gasteiger partial charge in [0.25, 0.3) is 0 Å². The monoisotopic (exact) mass is 252 g/mol. The first-order valence-electron chi connectivity index (χ1n) is 7.48. The molecule has 0 radical (unpaired) electrons. The van der Waals surface area contributed by atoms with E-state index in [1.807, 2.05) is 0 Å². The summed E-state index contributed by atoms with van der Waals surface area (Å²) in [6.45, 7) is 4.39. The fraction of sp³-hybridized carbons (Fsp3) is 0.800. The molecule has 1 aliphatic rings. The van der Waals surface area contributed by atoms with Crippen LogP contribution in [0.3, 0.4) is 0 Å². The quantitative estimate of drug-likeness (QED) is 0.489. The maximum absolute atomic E-state index is 11.5. The van der Waals surface area contributed by atoms with Gasteiger partial charge < -0.3 is 10.6 Å². The van der Waals surface area contributed by atoms with Crippen molar-refractivity contribution < 1.29 is 4.79 Å². The molecule has 0 spiro atoms. The lowest BCUT2D eigenvalue weighted by atomic mass is 9.97. The second kappa shape index (κ2) is 10.1. The third-order valence-electron chi connectivity index (χ3n) is 3.40. The van der Waals surface area contributed by atoms with Gasteiger partial charge in [-0.1, -0.05) is 31.4 Å². The molecule has 0 heterocycles. The standard InChI is InChI=1S/C15H28N2O/c1-2-3-7-11-16-13-15(18)17-12-10-14-8-5-4-6-9-14/h8,16H,2-7,9-13H2,1H3,(H,17,18). The van der Waals surface area contributed by atoms with Gasteiger partial charge in [0.15, 0.2) is 0 Å². The van der Waals surface area contributed by atoms with Crippen molar-refractivity contribution >= 4 is 5.91 Å². The second-order valence-corrected chi connectivity index (χ2v) is 5.09. The van der Waals surface area contributed by atoms with E-state index >= 15 is 0 Å². The summed E-state index contributed by atoms with van der Waals surface area (Å²) in [5, 5.41) is 6.16. The highest BCUT2D eigenvalue weighted by Gasteiger charge is 2.04. The SMILES string of the molecule is CCCCCNCC(=O)NCCC1=CCCCC1. The molecule has 0 fully saturated rings. The van der Waals surface area contributed by atoms with Gasteiger partial charge in [-0.15, -0.1) is 0 Å². The first-order chi connectivity index (χ1) is 8.83. The van der Waals surface area contributed by atoms with Gasteiger partial charge in [0.1, 0.15) is 0 Å². The Labute approximate surface area is 111 Å². The van der Waals surface area contributed by atoms with Gasteiger partial charge in [-0.25, -0.2) is 0 Å². The number of hydrogen-bond acceptors (Lipinski definition) is 2. The van der Waals surface area contributed by atoms with Crippen LogP contribution < -0.4 is 10.6 Å². The largest absolute Gasteiger partial charge is 0.355 e. The molecular formula is C15H28N2O. The molecule has 0 saturated heterocycles. The molecule has 1 amide bonds. The molecular weight excluding hydrogens is 224 g/mol. The lowest BCUT2D eigenvalue weighted by Crippen LogP contribution is -2.34. The second-order valence-electron chi connectivity index (χ2n) is 5.09. The van der Waals surface area contributed by atoms with Crippen molar-refractivity contribution in [1.82, 2.24) is 10.6 Å². The zero-order chi connectivity index (χ0) is 13.1. The molecule has 0 aromatic rings. The first-order valence-corrected chi connectivity index (χ1v) is 7.48. The summed E-state index contributed by atoms with van der Waals surface area (Å²) in [6.07, 6.45) is 12.1. The van der Waals surface area contributed by atoms with Gasteiger partial charge in [-0.05, 0) is 45.1 Å². The van der Waals surface area contributed by atoms with Crippen molar-refractivity contribution in [2.24, 2.45) is 0 Å². The highest BCUT2D eigenvalue weighted by molar-refractivity contribution is 5.77. The molecule has 1 rings (SSSR count). The van der Waals surface area contributed by atoms with Gasteiger partial charge in [-0.3, -0.25) is 4.79 Å². The van der Waals surface area contributed by atoms with Crippen LogP contribution in [-0.4, -0.2) is 25.5 Å². The Balaban J connectivity index is 1.94. The molecule has 18 heavy (non-hydrogen) atoms. The minimum Gasteiger partial charge on any atom is -0.355 e. The molecule has 0 aliphatic heterocycles. The minimum absolute atomic E-state index is 0.128. The van der Waals surface area contributed by atoms with E-state index in [4.69, 9.17) is 0 Å². The van der Waals surface area contributed by atoms with Crippen molar-refractivity contribution in [1.29, 1.82) is 0 Å². The van der Waals surface area contributed by atoms with Crippen LogP contribution in [0, 0.1) is 0 Å². The Bertz CT molecular complexity index is 261. The van der Waals surface area contributed by atoms with Gasteiger partial charge in [0.2, 0.25) is 5.91 Å². The van der Waals surface area contributed by atoms with E-state index in [0.717, 1.165) is 25.9 Å². The number of unbranched alkanes of at least 4 members (excludes halogenated alkanes) is 2. The fourth-order valence-corrected chi connectivity index (χ4v) is 2.26. The molecule has 3 nitrogen and oxygen atoms in total. The summed E-state index contributed by atoms with van der Waals surface area (Å²) in [5.74, 6) is 0.128. The van der Waals surface area contributed by atoms with Crippen LogP contribution in [0.25, 0.3) is 0 Å². The molecule has 0 unspecified atom stereocenters. The number of carbonyl (C=O) groups excluding carboxylic acids is 1. The van der Waals surface area contributed by atoms with E-state index in [0.29, 0.717) is 6.54 Å². The predicted octanol–water partition coefficient (Wildman–Crippen LogP) is 2.77. The molecule has 0 bridgehead atoms. The van der Waals surface area contributed by atoms with E-state index in [9.17, 15) is 4.79 Å². The van der Waals surface area contributed by atoms with Crippen molar-refractivity contribution in [3.05, 3.63) is 11.6 Å². The zero-order valence-corrected chi connectivity index (χ0v) is 11.8. The Morgan fingerprint density at radius 3 is 2.89 bits per heavy atom. The van der Waals surface area contributed by atoms with Crippen LogP contribution in [0.5, 0.6) is 0 Å². The molecule has 3 heteroatoms. The Hall–Kier alpha value is -0.830. The van der Waals surface area contributed by atoms with Gasteiger partial charge >= 0.3 is 0 Å². The molecule has 0 atom stereocenters. The van der Waals surface area contributed by atoms with Crippen molar-refractivity contribution in [3.8, 4) is 0 Å². The van der Waals surface area contributed by atoms with Crippen LogP contribution in [0.15, 0.2) is 11.6 Å². The summed E-state index contributed by atoms with van der Waals surface area (Å²) in [4.78, 5) is 11.5. The summed E-state index contributed by atoms with van der Waals surface area (Å²) in [6, 6.07) is 0. The van der Waals surface area contributed by atoms with Crippen LogP contribution in [0.4, 0.5) is 0 Å². The molecule has 0 aromatic carbocycles. The van der Waals surface area contributed by atoms with Crippen LogP contribution >= 0.6 is 0 Å². The Morgan fingerprint density at radius 1 is 1.28 bits per heavy atom. The van der Waals surface area contributed by atoms with Crippen LogP contribution in [-0.2, 0) is 4.79 Å². The average molecular weight is 252 g/mol. The number of carbonyl (C=O) groups is 1. The molecule has 1 aliphatic carbocycles. The van der Waals surface area contributed by atoms with Crippen molar-refractivity contribution in [2.45, 2.75) is 58.3 Å². The highest BCUT2D eigenvalue weighted by Crippen LogP contribution is 2.19. The van der Waals surface area contributed by atoms with Crippen molar-refractivity contribution in [3.63, 3.8) is 0 Å². The first kappa shape index (κ1) is 15.2. The number of nitrogens with one attached hydrogen (secondary N) is 2. The van der Waals surface area contributed by atoms with E-state index in [1.54, 1.807) is 0 Å². The Morgan fingerprint density at radius 2 is 2.17 bits per heavy atom. The summed E-state index contributed by atoms with van der Waals surface area (Å²) >= 11 is 0. The highest BCUT2D eigenvalue weighted by atomic mass is 16.1. The van der Waals surface area contributed by atoms with E-state index < -0.39 is 0 Å². The smallest absolute Gasteiger partial charge is 0.233 e. The molecule has 0 saturated carbocycles. The maximum atomic E-state index is 11.5. The average Bonchev–Trinajstić information content (AvgIpc) is 2.40. The van der Waals surface area contributed by atoms with Crippen molar-refractivity contribution in [2.75, 3.05) is 19.6 Å².